The van der Waals surface area contributed by atoms with Gasteiger partial charge in [-0.05, 0) is 44.7 Å². The third-order valence-corrected chi connectivity index (χ3v) is 4.41. The van der Waals surface area contributed by atoms with Crippen molar-refractivity contribution in [2.45, 2.75) is 39.3 Å². The minimum absolute atomic E-state index is 0. The van der Waals surface area contributed by atoms with E-state index in [4.69, 9.17) is 15.0 Å². The van der Waals surface area contributed by atoms with Gasteiger partial charge in [-0.15, -0.1) is 12.4 Å². The molecule has 6 nitrogen and oxygen atoms in total. The van der Waals surface area contributed by atoms with Crippen LogP contribution < -0.4 is 15.8 Å². The Kier molecular flexibility index (Phi) is 6.45. The van der Waals surface area contributed by atoms with E-state index in [9.17, 15) is 4.79 Å². The molecule has 2 aromatic rings. The lowest BCUT2D eigenvalue weighted by molar-refractivity contribution is 0.0945. The highest BCUT2D eigenvalue weighted by atomic mass is 35.5. The van der Waals surface area contributed by atoms with Crippen LogP contribution in [-0.4, -0.2) is 23.7 Å². The number of para-hydroxylation sites is 1. The molecule has 0 spiro atoms. The van der Waals surface area contributed by atoms with Gasteiger partial charge in [-0.3, -0.25) is 4.79 Å². The highest BCUT2D eigenvalue weighted by Gasteiger charge is 2.28. The summed E-state index contributed by atoms with van der Waals surface area (Å²) < 4.78 is 11.0. The first kappa shape index (κ1) is 19.3. The van der Waals surface area contributed by atoms with Crippen LogP contribution in [0.3, 0.4) is 0 Å². The molecular formula is C18H24ClN3O3. The second-order valence-electron chi connectivity index (χ2n) is 6.30. The van der Waals surface area contributed by atoms with Gasteiger partial charge in [0.2, 0.25) is 0 Å². The van der Waals surface area contributed by atoms with Gasteiger partial charge in [0.15, 0.2) is 0 Å². The van der Waals surface area contributed by atoms with Crippen LogP contribution in [0.4, 0.5) is 0 Å². The van der Waals surface area contributed by atoms with E-state index in [0.717, 1.165) is 29.9 Å². The van der Waals surface area contributed by atoms with Crippen molar-refractivity contribution >= 4 is 18.3 Å². The Hall–Kier alpha value is -2.05. The molecule has 1 atom stereocenters. The Balaban J connectivity index is 0.00000225. The summed E-state index contributed by atoms with van der Waals surface area (Å²) in [4.78, 5) is 12.4. The van der Waals surface area contributed by atoms with Gasteiger partial charge in [-0.1, -0.05) is 17.3 Å². The number of ether oxygens (including phenoxy) is 1. The Labute approximate surface area is 153 Å². The Morgan fingerprint density at radius 3 is 2.76 bits per heavy atom. The zero-order chi connectivity index (χ0) is 17.1. The summed E-state index contributed by atoms with van der Waals surface area (Å²) in [6, 6.07) is 7.23. The standard InChI is InChI=1S/C18H23N3O3.ClH/c1-11-15(12(2)24-21-11)10-23-17-6-4-3-5-14(17)18(22)20-9-16(19)13-7-8-13;/h3-6,13,16H,7-10,19H2,1-2H3,(H,20,22);1H. The van der Waals surface area contributed by atoms with Gasteiger partial charge >= 0.3 is 0 Å². The van der Waals surface area contributed by atoms with Crippen molar-refractivity contribution in [3.8, 4) is 5.75 Å². The molecule has 1 saturated carbocycles. The van der Waals surface area contributed by atoms with Gasteiger partial charge in [0.25, 0.3) is 5.91 Å². The molecule has 1 aliphatic rings. The minimum atomic E-state index is -0.166. The van der Waals surface area contributed by atoms with E-state index in [-0.39, 0.29) is 24.4 Å². The molecule has 0 bridgehead atoms. The van der Waals surface area contributed by atoms with Gasteiger partial charge < -0.3 is 20.3 Å². The lowest BCUT2D eigenvalue weighted by Crippen LogP contribution is -2.38. The van der Waals surface area contributed by atoms with E-state index < -0.39 is 0 Å². The molecular weight excluding hydrogens is 342 g/mol. The second-order valence-corrected chi connectivity index (χ2v) is 6.30. The van der Waals surface area contributed by atoms with Crippen LogP contribution in [0.2, 0.25) is 0 Å². The van der Waals surface area contributed by atoms with Crippen LogP contribution in [0.25, 0.3) is 0 Å². The molecule has 136 valence electrons. The average molecular weight is 366 g/mol. The lowest BCUT2D eigenvalue weighted by atomic mass is 10.1. The molecule has 1 aliphatic carbocycles. The van der Waals surface area contributed by atoms with E-state index in [1.807, 2.05) is 26.0 Å². The summed E-state index contributed by atoms with van der Waals surface area (Å²) in [5, 5.41) is 6.81. The SMILES string of the molecule is Cc1noc(C)c1COc1ccccc1C(=O)NCC(N)C1CC1.Cl. The number of aromatic nitrogens is 1. The van der Waals surface area contributed by atoms with Crippen LogP contribution in [0.5, 0.6) is 5.75 Å². The summed E-state index contributed by atoms with van der Waals surface area (Å²) in [7, 11) is 0. The van der Waals surface area contributed by atoms with Crippen LogP contribution in [0.1, 0.15) is 40.2 Å². The quantitative estimate of drug-likeness (QED) is 0.787. The molecule has 7 heteroatoms. The molecule has 0 aliphatic heterocycles. The number of rotatable bonds is 7. The molecule has 0 radical (unpaired) electrons. The van der Waals surface area contributed by atoms with E-state index >= 15 is 0 Å². The third-order valence-electron chi connectivity index (χ3n) is 4.41. The molecule has 3 rings (SSSR count). The van der Waals surface area contributed by atoms with Crippen molar-refractivity contribution in [3.05, 3.63) is 46.8 Å². The number of nitrogens with two attached hydrogens (primary N) is 1. The minimum Gasteiger partial charge on any atom is -0.488 e. The number of halogens is 1. The maximum absolute atomic E-state index is 12.4. The lowest BCUT2D eigenvalue weighted by Gasteiger charge is -2.14. The zero-order valence-corrected chi connectivity index (χ0v) is 15.3. The normalized spacial score (nSPS) is 14.5. The fourth-order valence-corrected chi connectivity index (χ4v) is 2.63. The van der Waals surface area contributed by atoms with E-state index in [0.29, 0.717) is 30.4 Å². The maximum atomic E-state index is 12.4. The number of benzene rings is 1. The Bertz CT molecular complexity index is 709. The molecule has 1 heterocycles. The van der Waals surface area contributed by atoms with Gasteiger partial charge in [-0.2, -0.15) is 0 Å². The number of hydrogen-bond acceptors (Lipinski definition) is 5. The molecule has 1 aromatic heterocycles. The predicted molar refractivity (Wildman–Crippen MR) is 97.0 cm³/mol. The molecule has 3 N–H and O–H groups in total. The van der Waals surface area contributed by atoms with Gasteiger partial charge in [0.05, 0.1) is 16.8 Å². The first-order chi connectivity index (χ1) is 11.6. The summed E-state index contributed by atoms with van der Waals surface area (Å²) in [6.07, 6.45) is 2.32. The zero-order valence-electron chi connectivity index (χ0n) is 14.5. The van der Waals surface area contributed by atoms with E-state index in [1.165, 1.54) is 0 Å². The van der Waals surface area contributed by atoms with Crippen molar-refractivity contribution in [1.29, 1.82) is 0 Å². The number of carbonyl (C=O) groups is 1. The third kappa shape index (κ3) is 4.74. The van der Waals surface area contributed by atoms with E-state index in [2.05, 4.69) is 10.5 Å². The molecule has 1 unspecified atom stereocenters. The number of carbonyl (C=O) groups excluding carboxylic acids is 1. The maximum Gasteiger partial charge on any atom is 0.255 e. The van der Waals surface area contributed by atoms with Crippen molar-refractivity contribution in [2.24, 2.45) is 11.7 Å². The van der Waals surface area contributed by atoms with Gasteiger partial charge in [0.1, 0.15) is 18.1 Å². The smallest absolute Gasteiger partial charge is 0.255 e. The van der Waals surface area contributed by atoms with Crippen LogP contribution >= 0.6 is 12.4 Å². The van der Waals surface area contributed by atoms with Crippen molar-refractivity contribution in [1.82, 2.24) is 10.5 Å². The summed E-state index contributed by atoms with van der Waals surface area (Å²) in [5.74, 6) is 1.65. The van der Waals surface area contributed by atoms with Crippen LogP contribution in [-0.2, 0) is 6.61 Å². The van der Waals surface area contributed by atoms with Gasteiger partial charge in [0, 0.05) is 12.6 Å². The molecule has 0 saturated heterocycles. The number of hydrogen-bond donors (Lipinski definition) is 2. The first-order valence-corrected chi connectivity index (χ1v) is 8.23. The fraction of sp³-hybridized carbons (Fsp3) is 0.444. The largest absolute Gasteiger partial charge is 0.488 e. The van der Waals surface area contributed by atoms with Crippen LogP contribution in [0, 0.1) is 19.8 Å². The molecule has 1 fully saturated rings. The fourth-order valence-electron chi connectivity index (χ4n) is 2.63. The monoisotopic (exact) mass is 365 g/mol. The van der Waals surface area contributed by atoms with E-state index in [1.54, 1.807) is 12.1 Å². The molecule has 1 aromatic carbocycles. The second kappa shape index (κ2) is 8.36. The summed E-state index contributed by atoms with van der Waals surface area (Å²) >= 11 is 0. The average Bonchev–Trinajstić information content (AvgIpc) is 3.38. The number of amides is 1. The van der Waals surface area contributed by atoms with Crippen molar-refractivity contribution in [2.75, 3.05) is 6.54 Å². The highest BCUT2D eigenvalue weighted by molar-refractivity contribution is 5.96. The van der Waals surface area contributed by atoms with Crippen molar-refractivity contribution < 1.29 is 14.1 Å². The molecule has 25 heavy (non-hydrogen) atoms. The number of aryl methyl sites for hydroxylation is 2. The van der Waals surface area contributed by atoms with Gasteiger partial charge in [-0.25, -0.2) is 0 Å². The first-order valence-electron chi connectivity index (χ1n) is 8.23. The number of nitrogens with one attached hydrogen (secondary N) is 1. The Morgan fingerprint density at radius 2 is 2.12 bits per heavy atom. The predicted octanol–water partition coefficient (Wildman–Crippen LogP) is 2.76. The number of nitrogens with zero attached hydrogens (tertiary/aromatic N) is 1. The van der Waals surface area contributed by atoms with Crippen LogP contribution in [0.15, 0.2) is 28.8 Å². The molecule has 1 amide bonds. The highest BCUT2D eigenvalue weighted by Crippen LogP contribution is 2.31. The summed E-state index contributed by atoms with van der Waals surface area (Å²) in [6.45, 7) is 4.51. The van der Waals surface area contributed by atoms with Crippen molar-refractivity contribution in [3.63, 3.8) is 0 Å². The topological polar surface area (TPSA) is 90.4 Å². The Morgan fingerprint density at radius 1 is 1.40 bits per heavy atom. The summed E-state index contributed by atoms with van der Waals surface area (Å²) in [5.41, 5.74) is 8.24.